The SMILES string of the molecule is C=Cc1cccc(C(CC)O[SiH2]C(CC)(OCC)OCC)c1. The Kier molecular flexibility index (Phi) is 8.64. The Hall–Kier alpha value is -0.943. The molecule has 0 aliphatic rings. The van der Waals surface area contributed by atoms with Crippen molar-refractivity contribution in [1.29, 1.82) is 0 Å². The fraction of sp³-hybridized carbons (Fsp3) is 0.556. The fourth-order valence-electron chi connectivity index (χ4n) is 2.52. The summed E-state index contributed by atoms with van der Waals surface area (Å²) in [5, 5.41) is 0. The van der Waals surface area contributed by atoms with Crippen molar-refractivity contribution >= 4 is 15.8 Å². The van der Waals surface area contributed by atoms with Crippen molar-refractivity contribution in [3.63, 3.8) is 0 Å². The van der Waals surface area contributed by atoms with Crippen molar-refractivity contribution in [3.8, 4) is 0 Å². The molecule has 3 nitrogen and oxygen atoms in total. The monoisotopic (exact) mass is 322 g/mol. The van der Waals surface area contributed by atoms with Crippen LogP contribution in [0.15, 0.2) is 30.8 Å². The van der Waals surface area contributed by atoms with E-state index in [2.05, 4.69) is 44.7 Å². The van der Waals surface area contributed by atoms with E-state index in [9.17, 15) is 0 Å². The highest BCUT2D eigenvalue weighted by Gasteiger charge is 2.31. The molecule has 1 rings (SSSR count). The molecule has 0 aromatic heterocycles. The molecule has 4 heteroatoms. The molecule has 0 heterocycles. The van der Waals surface area contributed by atoms with Crippen LogP contribution in [0.3, 0.4) is 0 Å². The van der Waals surface area contributed by atoms with Crippen LogP contribution in [-0.2, 0) is 13.9 Å². The lowest BCUT2D eigenvalue weighted by atomic mass is 10.0. The van der Waals surface area contributed by atoms with Crippen LogP contribution in [0.1, 0.15) is 57.8 Å². The van der Waals surface area contributed by atoms with Crippen LogP contribution in [0.5, 0.6) is 0 Å². The highest BCUT2D eigenvalue weighted by molar-refractivity contribution is 6.31. The van der Waals surface area contributed by atoms with Crippen LogP contribution < -0.4 is 0 Å². The average Bonchev–Trinajstić information content (AvgIpc) is 2.56. The second kappa shape index (κ2) is 9.95. The summed E-state index contributed by atoms with van der Waals surface area (Å²) in [6.45, 7) is 13.4. The largest absolute Gasteiger partial charge is 0.411 e. The Morgan fingerprint density at radius 3 is 2.36 bits per heavy atom. The minimum absolute atomic E-state index is 0.0957. The van der Waals surface area contributed by atoms with Gasteiger partial charge in [0.15, 0.2) is 5.41 Å². The average molecular weight is 323 g/mol. The molecule has 0 spiro atoms. The second-order valence-corrected chi connectivity index (χ2v) is 6.91. The Bertz CT molecular complexity index is 442. The van der Waals surface area contributed by atoms with Crippen LogP contribution in [0, 0.1) is 0 Å². The zero-order chi connectivity index (χ0) is 16.4. The maximum atomic E-state index is 6.29. The van der Waals surface area contributed by atoms with E-state index >= 15 is 0 Å². The molecule has 0 saturated carbocycles. The maximum absolute atomic E-state index is 6.29. The van der Waals surface area contributed by atoms with Crippen molar-refractivity contribution in [2.24, 2.45) is 0 Å². The van der Waals surface area contributed by atoms with Gasteiger partial charge in [-0.3, -0.25) is 0 Å². The van der Waals surface area contributed by atoms with Crippen molar-refractivity contribution in [2.75, 3.05) is 13.2 Å². The van der Waals surface area contributed by atoms with E-state index in [1.54, 1.807) is 0 Å². The lowest BCUT2D eigenvalue weighted by molar-refractivity contribution is -0.184. The van der Waals surface area contributed by atoms with Crippen LogP contribution in [0.2, 0.25) is 0 Å². The smallest absolute Gasteiger partial charge is 0.228 e. The van der Waals surface area contributed by atoms with Gasteiger partial charge in [0.2, 0.25) is 9.76 Å². The molecular formula is C18H30O3Si. The Labute approximate surface area is 137 Å². The Morgan fingerprint density at radius 1 is 1.18 bits per heavy atom. The molecule has 1 atom stereocenters. The van der Waals surface area contributed by atoms with Crippen molar-refractivity contribution in [2.45, 2.75) is 52.1 Å². The molecule has 1 aromatic carbocycles. The van der Waals surface area contributed by atoms with Gasteiger partial charge in [-0.05, 0) is 43.9 Å². The number of hydrogen-bond donors (Lipinski definition) is 0. The summed E-state index contributed by atoms with van der Waals surface area (Å²) >= 11 is 0. The van der Waals surface area contributed by atoms with E-state index in [0.717, 1.165) is 18.4 Å². The Balaban J connectivity index is 2.81. The molecule has 0 aliphatic heterocycles. The summed E-state index contributed by atoms with van der Waals surface area (Å²) in [5.41, 5.74) is 1.82. The highest BCUT2D eigenvalue weighted by Crippen LogP contribution is 2.25. The maximum Gasteiger partial charge on any atom is 0.228 e. The minimum atomic E-state index is -0.995. The number of rotatable bonds is 11. The summed E-state index contributed by atoms with van der Waals surface area (Å²) in [4.78, 5) is 0. The molecule has 124 valence electrons. The summed E-state index contributed by atoms with van der Waals surface area (Å²) < 4.78 is 18.1. The lowest BCUT2D eigenvalue weighted by Crippen LogP contribution is -2.43. The van der Waals surface area contributed by atoms with E-state index in [0.29, 0.717) is 13.2 Å². The zero-order valence-electron chi connectivity index (χ0n) is 14.4. The first-order valence-corrected chi connectivity index (χ1v) is 9.55. The lowest BCUT2D eigenvalue weighted by Gasteiger charge is -2.33. The number of hydrogen-bond acceptors (Lipinski definition) is 3. The molecule has 0 fully saturated rings. The molecule has 0 N–H and O–H groups in total. The third-order valence-electron chi connectivity index (χ3n) is 3.75. The second-order valence-electron chi connectivity index (χ2n) is 5.21. The van der Waals surface area contributed by atoms with Crippen LogP contribution in [0.4, 0.5) is 0 Å². The van der Waals surface area contributed by atoms with Crippen molar-refractivity contribution in [3.05, 3.63) is 42.0 Å². The van der Waals surface area contributed by atoms with E-state index in [-0.39, 0.29) is 6.10 Å². The van der Waals surface area contributed by atoms with E-state index in [1.165, 1.54) is 5.56 Å². The van der Waals surface area contributed by atoms with Gasteiger partial charge in [0.05, 0.1) is 6.10 Å². The van der Waals surface area contributed by atoms with E-state index in [1.807, 2.05) is 19.9 Å². The first-order valence-electron chi connectivity index (χ1n) is 8.26. The van der Waals surface area contributed by atoms with Gasteiger partial charge >= 0.3 is 0 Å². The molecule has 1 unspecified atom stereocenters. The molecule has 22 heavy (non-hydrogen) atoms. The summed E-state index contributed by atoms with van der Waals surface area (Å²) in [7, 11) is -0.995. The van der Waals surface area contributed by atoms with Crippen LogP contribution in [0.25, 0.3) is 6.08 Å². The summed E-state index contributed by atoms with van der Waals surface area (Å²) in [6, 6.07) is 8.37. The van der Waals surface area contributed by atoms with Crippen LogP contribution >= 0.6 is 0 Å². The topological polar surface area (TPSA) is 27.7 Å². The number of benzene rings is 1. The summed E-state index contributed by atoms with van der Waals surface area (Å²) in [6.07, 6.45) is 3.72. The molecule has 0 radical (unpaired) electrons. The zero-order valence-corrected chi connectivity index (χ0v) is 15.8. The standard InChI is InChI=1S/C18H30O3Si/c1-6-15-12-11-13-16(14-15)17(7-2)21-22-18(8-3,19-9-4)20-10-5/h6,11-14,17H,1,7-10,22H2,2-5H3. The molecular weight excluding hydrogens is 292 g/mol. The number of ether oxygens (including phenoxy) is 2. The predicted octanol–water partition coefficient (Wildman–Crippen LogP) is 4.02. The first kappa shape index (κ1) is 19.1. The van der Waals surface area contributed by atoms with Gasteiger partial charge in [0, 0.05) is 13.2 Å². The van der Waals surface area contributed by atoms with Crippen LogP contribution in [-0.4, -0.2) is 28.4 Å². The summed E-state index contributed by atoms with van der Waals surface area (Å²) in [5.74, 6) is 0. The third kappa shape index (κ3) is 5.36. The highest BCUT2D eigenvalue weighted by atomic mass is 28.2. The molecule has 0 aliphatic carbocycles. The quantitative estimate of drug-likeness (QED) is 0.455. The normalized spacial score (nSPS) is 13.6. The minimum Gasteiger partial charge on any atom is -0.411 e. The van der Waals surface area contributed by atoms with Gasteiger partial charge in [0.25, 0.3) is 0 Å². The first-order chi connectivity index (χ1) is 10.6. The molecule has 0 saturated heterocycles. The van der Waals surface area contributed by atoms with Gasteiger partial charge in [-0.15, -0.1) is 0 Å². The van der Waals surface area contributed by atoms with Gasteiger partial charge in [0.1, 0.15) is 0 Å². The van der Waals surface area contributed by atoms with Gasteiger partial charge < -0.3 is 13.9 Å². The van der Waals surface area contributed by atoms with E-state index < -0.39 is 15.2 Å². The van der Waals surface area contributed by atoms with Gasteiger partial charge in [-0.1, -0.05) is 44.7 Å². The predicted molar refractivity (Wildman–Crippen MR) is 95.5 cm³/mol. The van der Waals surface area contributed by atoms with E-state index in [4.69, 9.17) is 13.9 Å². The molecule has 0 amide bonds. The third-order valence-corrected chi connectivity index (χ3v) is 5.66. The fourth-order valence-corrected chi connectivity index (χ4v) is 4.18. The Morgan fingerprint density at radius 2 is 1.86 bits per heavy atom. The molecule has 1 aromatic rings. The van der Waals surface area contributed by atoms with Crippen molar-refractivity contribution < 1.29 is 13.9 Å². The van der Waals surface area contributed by atoms with Crippen molar-refractivity contribution in [1.82, 2.24) is 0 Å². The van der Waals surface area contributed by atoms with Gasteiger partial charge in [-0.2, -0.15) is 0 Å². The van der Waals surface area contributed by atoms with Gasteiger partial charge in [-0.25, -0.2) is 0 Å². The molecule has 0 bridgehead atoms.